The van der Waals surface area contributed by atoms with E-state index in [9.17, 15) is 14.9 Å². The number of aliphatic hydroxyl groups is 1. The van der Waals surface area contributed by atoms with Gasteiger partial charge in [0.05, 0.1) is 11.5 Å². The minimum atomic E-state index is -0.558. The van der Waals surface area contributed by atoms with Crippen molar-refractivity contribution < 1.29 is 14.8 Å². The number of nitrogens with zero attached hydrogens (tertiary/aromatic N) is 5. The molecule has 1 fully saturated rings. The molecule has 1 aromatic carbocycles. The van der Waals surface area contributed by atoms with Gasteiger partial charge in [0, 0.05) is 38.3 Å². The Balaban J connectivity index is 1.76. The third-order valence-electron chi connectivity index (χ3n) is 4.76. The number of hydrogen-bond acceptors (Lipinski definition) is 9. The molecule has 11 nitrogen and oxygen atoms in total. The average Bonchev–Trinajstić information content (AvgIpc) is 2.72. The lowest BCUT2D eigenvalue weighted by molar-refractivity contribution is -0.383. The molecule has 3 N–H and O–H groups in total. The quantitative estimate of drug-likeness (QED) is 0.449. The topological polar surface area (TPSA) is 137 Å². The number of hydrogen-bond donors (Lipinski definition) is 3. The predicted molar refractivity (Wildman–Crippen MR) is 107 cm³/mol. The van der Waals surface area contributed by atoms with Crippen LogP contribution in [0.25, 0.3) is 0 Å². The van der Waals surface area contributed by atoms with E-state index in [2.05, 4.69) is 25.7 Å². The highest BCUT2D eigenvalue weighted by Crippen LogP contribution is 2.31. The molecule has 0 aliphatic carbocycles. The second-order valence-corrected chi connectivity index (χ2v) is 6.60. The van der Waals surface area contributed by atoms with Crippen LogP contribution in [0.15, 0.2) is 30.6 Å². The maximum absolute atomic E-state index is 12.4. The Morgan fingerprint density at radius 2 is 1.97 bits per heavy atom. The van der Waals surface area contributed by atoms with Crippen molar-refractivity contribution in [1.29, 1.82) is 0 Å². The maximum Gasteiger partial charge on any atom is 0.355 e. The Morgan fingerprint density at radius 1 is 1.24 bits per heavy atom. The van der Waals surface area contributed by atoms with E-state index in [1.165, 1.54) is 6.33 Å². The number of hydrazine groups is 1. The predicted octanol–water partition coefficient (Wildman–Crippen LogP) is 0.564. The summed E-state index contributed by atoms with van der Waals surface area (Å²) in [5.41, 5.74) is 5.97. The van der Waals surface area contributed by atoms with E-state index in [1.54, 1.807) is 25.1 Å². The lowest BCUT2D eigenvalue weighted by atomic mass is 10.1. The highest BCUT2D eigenvalue weighted by atomic mass is 16.6. The van der Waals surface area contributed by atoms with Gasteiger partial charge in [-0.25, -0.2) is 9.97 Å². The SMILES string of the molecule is Cc1ccccc1C(=O)NNc1ncnc(N2CCN(CCO)CC2)c1[N+](=O)[O-]. The highest BCUT2D eigenvalue weighted by molar-refractivity contribution is 5.96. The van der Waals surface area contributed by atoms with Crippen LogP contribution in [0.4, 0.5) is 17.3 Å². The highest BCUT2D eigenvalue weighted by Gasteiger charge is 2.29. The van der Waals surface area contributed by atoms with E-state index in [0.717, 1.165) is 5.56 Å². The lowest BCUT2D eigenvalue weighted by Crippen LogP contribution is -2.47. The van der Waals surface area contributed by atoms with Crippen LogP contribution >= 0.6 is 0 Å². The Kier molecular flexibility index (Phi) is 6.52. The van der Waals surface area contributed by atoms with Gasteiger partial charge in [-0.05, 0) is 18.6 Å². The molecule has 11 heteroatoms. The molecular weight excluding hydrogens is 378 g/mol. The average molecular weight is 401 g/mol. The summed E-state index contributed by atoms with van der Waals surface area (Å²) in [6, 6.07) is 7.03. The van der Waals surface area contributed by atoms with E-state index in [-0.39, 0.29) is 23.9 Å². The van der Waals surface area contributed by atoms with Crippen LogP contribution in [0.2, 0.25) is 0 Å². The van der Waals surface area contributed by atoms with E-state index < -0.39 is 10.8 Å². The molecule has 1 saturated heterocycles. The molecule has 2 aromatic rings. The molecule has 1 aliphatic rings. The third kappa shape index (κ3) is 4.76. The Morgan fingerprint density at radius 3 is 2.62 bits per heavy atom. The van der Waals surface area contributed by atoms with Gasteiger partial charge in [0.2, 0.25) is 11.6 Å². The van der Waals surface area contributed by atoms with Crippen molar-refractivity contribution in [2.24, 2.45) is 0 Å². The second kappa shape index (κ2) is 9.26. The number of anilines is 2. The largest absolute Gasteiger partial charge is 0.395 e. The molecule has 0 spiro atoms. The summed E-state index contributed by atoms with van der Waals surface area (Å²) in [5, 5.41) is 20.8. The Bertz CT molecular complexity index is 884. The summed E-state index contributed by atoms with van der Waals surface area (Å²) in [6.45, 7) is 4.83. The first-order chi connectivity index (χ1) is 14.0. The zero-order valence-electron chi connectivity index (χ0n) is 16.0. The van der Waals surface area contributed by atoms with Crippen molar-refractivity contribution in [1.82, 2.24) is 20.3 Å². The molecule has 2 heterocycles. The van der Waals surface area contributed by atoms with Gasteiger partial charge in [-0.2, -0.15) is 0 Å². The number of nitrogens with one attached hydrogen (secondary N) is 2. The number of nitro groups is 1. The number of piperazine rings is 1. The Labute approximate surface area is 167 Å². The Hall–Kier alpha value is -3.31. The number of aromatic nitrogens is 2. The van der Waals surface area contributed by atoms with Crippen molar-refractivity contribution in [3.63, 3.8) is 0 Å². The van der Waals surface area contributed by atoms with Crippen LogP contribution in [0, 0.1) is 17.0 Å². The monoisotopic (exact) mass is 401 g/mol. The number of carbonyl (C=O) groups is 1. The zero-order chi connectivity index (χ0) is 20.8. The first-order valence-corrected chi connectivity index (χ1v) is 9.20. The van der Waals surface area contributed by atoms with Gasteiger partial charge in [-0.15, -0.1) is 0 Å². The number of aliphatic hydroxyl groups excluding tert-OH is 1. The first-order valence-electron chi connectivity index (χ1n) is 9.20. The second-order valence-electron chi connectivity index (χ2n) is 6.60. The van der Waals surface area contributed by atoms with E-state index in [0.29, 0.717) is 38.3 Å². The summed E-state index contributed by atoms with van der Waals surface area (Å²) in [6.07, 6.45) is 1.23. The standard InChI is InChI=1S/C18H23N7O4/c1-13-4-2-3-5-14(13)18(27)22-21-16-15(25(28)29)17(20-12-19-16)24-8-6-23(7-9-24)10-11-26/h2-5,12,26H,6-11H2,1H3,(H,22,27)(H,19,20,21). The van der Waals surface area contributed by atoms with E-state index in [1.807, 2.05) is 11.0 Å². The molecular formula is C18H23N7O4. The zero-order valence-corrected chi connectivity index (χ0v) is 16.0. The minimum Gasteiger partial charge on any atom is -0.395 e. The summed E-state index contributed by atoms with van der Waals surface area (Å²) >= 11 is 0. The van der Waals surface area contributed by atoms with Gasteiger partial charge in [0.25, 0.3) is 5.91 Å². The van der Waals surface area contributed by atoms with Gasteiger partial charge in [-0.3, -0.25) is 30.7 Å². The lowest BCUT2D eigenvalue weighted by Gasteiger charge is -2.34. The van der Waals surface area contributed by atoms with Crippen molar-refractivity contribution in [2.45, 2.75) is 6.92 Å². The fourth-order valence-electron chi connectivity index (χ4n) is 3.20. The third-order valence-corrected chi connectivity index (χ3v) is 4.76. The van der Waals surface area contributed by atoms with Crippen molar-refractivity contribution >= 4 is 23.2 Å². The molecule has 3 rings (SSSR count). The first kappa shape index (κ1) is 20.4. The molecule has 1 amide bonds. The fraction of sp³-hybridized carbons (Fsp3) is 0.389. The van der Waals surface area contributed by atoms with Crippen LogP contribution < -0.4 is 15.8 Å². The van der Waals surface area contributed by atoms with Crippen LogP contribution in [0.5, 0.6) is 0 Å². The van der Waals surface area contributed by atoms with Crippen LogP contribution in [0.1, 0.15) is 15.9 Å². The maximum atomic E-state index is 12.4. The van der Waals surface area contributed by atoms with Crippen molar-refractivity contribution in [3.05, 3.63) is 51.8 Å². The summed E-state index contributed by atoms with van der Waals surface area (Å²) < 4.78 is 0. The molecule has 0 atom stereocenters. The van der Waals surface area contributed by atoms with E-state index in [4.69, 9.17) is 5.11 Å². The van der Waals surface area contributed by atoms with Crippen molar-refractivity contribution in [3.8, 4) is 0 Å². The van der Waals surface area contributed by atoms with Gasteiger partial charge >= 0.3 is 5.69 Å². The van der Waals surface area contributed by atoms with Crippen LogP contribution in [0.3, 0.4) is 0 Å². The minimum absolute atomic E-state index is 0.0717. The molecule has 29 heavy (non-hydrogen) atoms. The summed E-state index contributed by atoms with van der Waals surface area (Å²) in [5.74, 6) is -0.309. The number of amides is 1. The number of carbonyl (C=O) groups excluding carboxylic acids is 1. The molecule has 1 aliphatic heterocycles. The summed E-state index contributed by atoms with van der Waals surface area (Å²) in [7, 11) is 0. The summed E-state index contributed by atoms with van der Waals surface area (Å²) in [4.78, 5) is 35.5. The number of aryl methyl sites for hydroxylation is 1. The van der Waals surface area contributed by atoms with E-state index >= 15 is 0 Å². The number of rotatable bonds is 7. The molecule has 154 valence electrons. The fourth-order valence-corrected chi connectivity index (χ4v) is 3.20. The van der Waals surface area contributed by atoms with Gasteiger partial charge < -0.3 is 10.0 Å². The number of β-amino-alcohol motifs (C(OH)–C–C–N with tert-alkyl or cyclic N) is 1. The molecule has 1 aromatic heterocycles. The van der Waals surface area contributed by atoms with Gasteiger partial charge in [0.1, 0.15) is 6.33 Å². The van der Waals surface area contributed by atoms with Gasteiger partial charge in [0.15, 0.2) is 0 Å². The normalized spacial score (nSPS) is 14.5. The molecule has 0 radical (unpaired) electrons. The molecule has 0 bridgehead atoms. The smallest absolute Gasteiger partial charge is 0.355 e. The van der Waals surface area contributed by atoms with Crippen molar-refractivity contribution in [2.75, 3.05) is 49.7 Å². The number of benzene rings is 1. The van der Waals surface area contributed by atoms with Gasteiger partial charge in [-0.1, -0.05) is 18.2 Å². The molecule has 0 saturated carbocycles. The van der Waals surface area contributed by atoms with Crippen LogP contribution in [-0.4, -0.2) is 70.1 Å². The molecule has 0 unspecified atom stereocenters. The van der Waals surface area contributed by atoms with Crippen LogP contribution in [-0.2, 0) is 0 Å².